The number of aromatic nitrogens is 1. The summed E-state index contributed by atoms with van der Waals surface area (Å²) in [5.41, 5.74) is 2.37. The number of carboxylic acid groups (broad SMARTS) is 1. The summed E-state index contributed by atoms with van der Waals surface area (Å²) in [6.45, 7) is 0. The number of carboxylic acids is 1. The van der Waals surface area contributed by atoms with Gasteiger partial charge in [-0.1, -0.05) is 0 Å². The molecule has 0 spiro atoms. The molecule has 2 rings (SSSR count). The lowest BCUT2D eigenvalue weighted by atomic mass is 10.3. The highest BCUT2D eigenvalue weighted by Gasteiger charge is 2.14. The lowest BCUT2D eigenvalue weighted by Gasteiger charge is -2.07. The van der Waals surface area contributed by atoms with Crippen molar-refractivity contribution in [1.29, 1.82) is 0 Å². The number of nitrogens with one attached hydrogen (secondary N) is 1. The van der Waals surface area contributed by atoms with E-state index in [1.165, 1.54) is 16.8 Å². The number of rotatable bonds is 3. The number of aromatic carboxylic acids is 1. The van der Waals surface area contributed by atoms with Gasteiger partial charge in [0.25, 0.3) is 0 Å². The molecule has 0 aliphatic carbocycles. The predicted molar refractivity (Wildman–Crippen MR) is 79.2 cm³/mol. The summed E-state index contributed by atoms with van der Waals surface area (Å²) < 4.78 is 1.94. The monoisotopic (exact) mass is 424 g/mol. The van der Waals surface area contributed by atoms with E-state index in [0.29, 0.717) is 5.00 Å². The summed E-state index contributed by atoms with van der Waals surface area (Å²) >= 11 is 6.87. The van der Waals surface area contributed by atoms with E-state index >= 15 is 0 Å². The zero-order valence-corrected chi connectivity index (χ0v) is 12.8. The maximum absolute atomic E-state index is 10.9. The van der Waals surface area contributed by atoms with Crippen molar-refractivity contribution >= 4 is 66.5 Å². The first kappa shape index (κ1) is 12.8. The summed E-state index contributed by atoms with van der Waals surface area (Å²) in [4.78, 5) is 14.7. The fraction of sp³-hybridized carbons (Fsp3) is 0. The lowest BCUT2D eigenvalue weighted by molar-refractivity contribution is 0.0692. The van der Waals surface area contributed by atoms with Crippen LogP contribution < -0.4 is 5.32 Å². The van der Waals surface area contributed by atoms with Crippen molar-refractivity contribution < 1.29 is 9.90 Å². The molecule has 1 aromatic heterocycles. The van der Waals surface area contributed by atoms with Gasteiger partial charge in [0, 0.05) is 8.04 Å². The van der Waals surface area contributed by atoms with Crippen molar-refractivity contribution in [3.8, 4) is 0 Å². The summed E-state index contributed by atoms with van der Waals surface area (Å²) in [6, 6.07) is 5.79. The van der Waals surface area contributed by atoms with E-state index in [1.54, 1.807) is 0 Å². The van der Waals surface area contributed by atoms with Gasteiger partial charge in [0.1, 0.15) is 5.00 Å². The van der Waals surface area contributed by atoms with Gasteiger partial charge in [-0.15, -0.1) is 11.3 Å². The third kappa shape index (κ3) is 2.96. The Morgan fingerprint density at radius 3 is 3.00 bits per heavy atom. The molecule has 0 saturated heterocycles. The summed E-state index contributed by atoms with van der Waals surface area (Å²) in [5.74, 6) is -1.03. The zero-order valence-electron chi connectivity index (χ0n) is 8.28. The fourth-order valence-electron chi connectivity index (χ4n) is 1.20. The Labute approximate surface area is 123 Å². The van der Waals surface area contributed by atoms with Gasteiger partial charge < -0.3 is 10.4 Å². The Morgan fingerprint density at radius 1 is 1.53 bits per heavy atom. The van der Waals surface area contributed by atoms with Crippen molar-refractivity contribution in [2.24, 2.45) is 0 Å². The molecule has 0 aliphatic rings. The lowest BCUT2D eigenvalue weighted by Crippen LogP contribution is -2.01. The molecular formula is C10H6BrIN2O2S. The number of carbonyl (C=O) groups is 1. The highest BCUT2D eigenvalue weighted by atomic mass is 127. The van der Waals surface area contributed by atoms with Crippen molar-refractivity contribution in [1.82, 2.24) is 4.98 Å². The van der Waals surface area contributed by atoms with Gasteiger partial charge in [-0.3, -0.25) is 0 Å². The minimum Gasteiger partial charge on any atom is -0.476 e. The Morgan fingerprint density at radius 2 is 2.29 bits per heavy atom. The average Bonchev–Trinajstić information content (AvgIpc) is 2.71. The molecule has 17 heavy (non-hydrogen) atoms. The van der Waals surface area contributed by atoms with Crippen LogP contribution >= 0.6 is 49.9 Å². The van der Waals surface area contributed by atoms with Crippen LogP contribution in [-0.2, 0) is 0 Å². The van der Waals surface area contributed by atoms with Crippen LogP contribution in [0.3, 0.4) is 0 Å². The SMILES string of the molecule is O=C(O)c1ncsc1Nc1cc(I)ccc1Br. The summed E-state index contributed by atoms with van der Waals surface area (Å²) in [6.07, 6.45) is 0. The number of thiazole rings is 1. The van der Waals surface area contributed by atoms with Crippen LogP contribution in [0.1, 0.15) is 10.5 Å². The fourth-order valence-corrected chi connectivity index (χ4v) is 2.72. The van der Waals surface area contributed by atoms with Gasteiger partial charge in [0.05, 0.1) is 11.2 Å². The predicted octanol–water partition coefficient (Wildman–Crippen LogP) is 3.95. The molecule has 88 valence electrons. The third-order valence-corrected chi connectivity index (χ3v) is 4.05. The van der Waals surface area contributed by atoms with Crippen molar-refractivity contribution in [2.75, 3.05) is 5.32 Å². The molecular weight excluding hydrogens is 419 g/mol. The molecule has 2 aromatic rings. The van der Waals surface area contributed by atoms with Crippen LogP contribution in [0.5, 0.6) is 0 Å². The summed E-state index contributed by atoms with van der Waals surface area (Å²) in [5, 5.41) is 12.5. The van der Waals surface area contributed by atoms with Crippen LogP contribution in [0.15, 0.2) is 28.2 Å². The van der Waals surface area contributed by atoms with E-state index in [-0.39, 0.29) is 5.69 Å². The normalized spacial score (nSPS) is 10.2. The number of hydrogen-bond acceptors (Lipinski definition) is 4. The molecule has 0 fully saturated rings. The molecule has 1 aromatic carbocycles. The quantitative estimate of drug-likeness (QED) is 0.732. The first-order valence-electron chi connectivity index (χ1n) is 4.47. The van der Waals surface area contributed by atoms with Gasteiger partial charge in [-0.2, -0.15) is 0 Å². The smallest absolute Gasteiger partial charge is 0.357 e. The molecule has 7 heteroatoms. The van der Waals surface area contributed by atoms with Gasteiger partial charge in [0.2, 0.25) is 0 Å². The van der Waals surface area contributed by atoms with Gasteiger partial charge in [0.15, 0.2) is 5.69 Å². The minimum absolute atomic E-state index is 0.0424. The highest BCUT2D eigenvalue weighted by molar-refractivity contribution is 14.1. The van der Waals surface area contributed by atoms with Gasteiger partial charge >= 0.3 is 5.97 Å². The molecule has 0 aliphatic heterocycles. The van der Waals surface area contributed by atoms with Gasteiger partial charge in [-0.25, -0.2) is 9.78 Å². The van der Waals surface area contributed by atoms with E-state index in [0.717, 1.165) is 13.7 Å². The molecule has 2 N–H and O–H groups in total. The Bertz CT molecular complexity index is 573. The molecule has 0 atom stereocenters. The minimum atomic E-state index is -1.03. The van der Waals surface area contributed by atoms with Crippen molar-refractivity contribution in [2.45, 2.75) is 0 Å². The number of benzene rings is 1. The number of halogens is 2. The van der Waals surface area contributed by atoms with Crippen LogP contribution in [0.2, 0.25) is 0 Å². The molecule has 0 unspecified atom stereocenters. The largest absolute Gasteiger partial charge is 0.476 e. The van der Waals surface area contributed by atoms with Crippen molar-refractivity contribution in [3.63, 3.8) is 0 Å². The topological polar surface area (TPSA) is 62.2 Å². The molecule has 4 nitrogen and oxygen atoms in total. The van der Waals surface area contributed by atoms with Crippen molar-refractivity contribution in [3.05, 3.63) is 37.4 Å². The Balaban J connectivity index is 2.34. The van der Waals surface area contributed by atoms with E-state index < -0.39 is 5.97 Å². The molecule has 0 radical (unpaired) electrons. The number of hydrogen-bond donors (Lipinski definition) is 2. The molecule has 1 heterocycles. The van der Waals surface area contributed by atoms with Crippen LogP contribution in [0.25, 0.3) is 0 Å². The third-order valence-electron chi connectivity index (χ3n) is 1.95. The van der Waals surface area contributed by atoms with Gasteiger partial charge in [-0.05, 0) is 56.7 Å². The number of anilines is 2. The Hall–Kier alpha value is -0.670. The average molecular weight is 425 g/mol. The first-order chi connectivity index (χ1) is 8.08. The molecule has 0 saturated carbocycles. The maximum Gasteiger partial charge on any atom is 0.357 e. The second kappa shape index (κ2) is 5.32. The van der Waals surface area contributed by atoms with Crippen LogP contribution in [-0.4, -0.2) is 16.1 Å². The maximum atomic E-state index is 10.9. The molecule has 0 bridgehead atoms. The second-order valence-electron chi connectivity index (χ2n) is 3.08. The van der Waals surface area contributed by atoms with E-state index in [9.17, 15) is 4.79 Å². The molecule has 0 amide bonds. The van der Waals surface area contributed by atoms with E-state index in [2.05, 4.69) is 48.8 Å². The zero-order chi connectivity index (χ0) is 12.4. The van der Waals surface area contributed by atoms with Crippen LogP contribution in [0, 0.1) is 3.57 Å². The van der Waals surface area contributed by atoms with E-state index in [4.69, 9.17) is 5.11 Å². The summed E-state index contributed by atoms with van der Waals surface area (Å²) in [7, 11) is 0. The first-order valence-corrected chi connectivity index (χ1v) is 7.22. The Kier molecular flexibility index (Phi) is 4.00. The standard InChI is InChI=1S/C10H6BrIN2O2S/c11-6-2-1-5(12)3-7(6)14-9-8(10(15)16)13-4-17-9/h1-4,14H,(H,15,16). The van der Waals surface area contributed by atoms with E-state index in [1.807, 2.05) is 18.2 Å². The number of nitrogens with zero attached hydrogens (tertiary/aromatic N) is 1. The second-order valence-corrected chi connectivity index (χ2v) is 6.04. The van der Waals surface area contributed by atoms with Crippen LogP contribution in [0.4, 0.5) is 10.7 Å². The highest BCUT2D eigenvalue weighted by Crippen LogP contribution is 2.30.